The van der Waals surface area contributed by atoms with Crippen LogP contribution in [-0.4, -0.2) is 25.5 Å². The van der Waals surface area contributed by atoms with E-state index in [0.717, 1.165) is 24.3 Å². The summed E-state index contributed by atoms with van der Waals surface area (Å²) >= 11 is 0. The van der Waals surface area contributed by atoms with Gasteiger partial charge in [0.2, 0.25) is 6.79 Å². The van der Waals surface area contributed by atoms with Crippen molar-refractivity contribution in [1.82, 2.24) is 5.43 Å². The third-order valence-corrected chi connectivity index (χ3v) is 4.16. The number of benzene rings is 2. The van der Waals surface area contributed by atoms with Gasteiger partial charge in [-0.1, -0.05) is 26.2 Å². The average Bonchev–Trinajstić information content (AvgIpc) is 3.16. The molecule has 3 rings (SSSR count). The number of rotatable bonds is 9. The average molecular weight is 368 g/mol. The summed E-state index contributed by atoms with van der Waals surface area (Å²) in [6.45, 7) is 3.11. The summed E-state index contributed by atoms with van der Waals surface area (Å²) < 4.78 is 16.2. The van der Waals surface area contributed by atoms with E-state index < -0.39 is 0 Å². The fourth-order valence-corrected chi connectivity index (χ4v) is 2.64. The zero-order valence-electron chi connectivity index (χ0n) is 15.4. The first-order valence-electron chi connectivity index (χ1n) is 9.22. The molecule has 1 amide bonds. The van der Waals surface area contributed by atoms with Crippen LogP contribution in [0, 0.1) is 0 Å². The number of fused-ring (bicyclic) bond motifs is 1. The van der Waals surface area contributed by atoms with Crippen LogP contribution >= 0.6 is 0 Å². The second-order valence-corrected chi connectivity index (χ2v) is 6.25. The van der Waals surface area contributed by atoms with Crippen LogP contribution in [0.1, 0.15) is 48.5 Å². The van der Waals surface area contributed by atoms with Crippen molar-refractivity contribution in [3.05, 3.63) is 53.6 Å². The number of nitrogens with zero attached hydrogens (tertiary/aromatic N) is 1. The quantitative estimate of drug-likeness (QED) is 0.410. The van der Waals surface area contributed by atoms with Gasteiger partial charge in [-0.3, -0.25) is 4.79 Å². The van der Waals surface area contributed by atoms with Crippen LogP contribution in [-0.2, 0) is 0 Å². The first kappa shape index (κ1) is 18.8. The van der Waals surface area contributed by atoms with E-state index >= 15 is 0 Å². The lowest BCUT2D eigenvalue weighted by molar-refractivity contribution is 0.0954. The molecule has 0 radical (unpaired) electrons. The van der Waals surface area contributed by atoms with Crippen LogP contribution in [0.3, 0.4) is 0 Å². The van der Waals surface area contributed by atoms with Crippen LogP contribution in [0.2, 0.25) is 0 Å². The third kappa shape index (κ3) is 5.48. The summed E-state index contributed by atoms with van der Waals surface area (Å²) in [5.74, 6) is 1.74. The molecule has 1 heterocycles. The number of carbonyl (C=O) groups is 1. The van der Waals surface area contributed by atoms with Crippen molar-refractivity contribution in [3.8, 4) is 17.2 Å². The molecule has 0 unspecified atom stereocenters. The van der Waals surface area contributed by atoms with E-state index in [2.05, 4.69) is 17.5 Å². The molecule has 1 N–H and O–H groups in total. The Hall–Kier alpha value is -3.02. The highest BCUT2D eigenvalue weighted by molar-refractivity contribution is 5.95. The predicted octanol–water partition coefficient (Wildman–Crippen LogP) is 4.14. The van der Waals surface area contributed by atoms with Crippen LogP contribution < -0.4 is 19.6 Å². The minimum absolute atomic E-state index is 0.178. The Morgan fingerprint density at radius 3 is 2.74 bits per heavy atom. The summed E-state index contributed by atoms with van der Waals surface area (Å²) in [5.41, 5.74) is 3.85. The number of hydrazone groups is 1. The highest BCUT2D eigenvalue weighted by atomic mass is 16.7. The predicted molar refractivity (Wildman–Crippen MR) is 104 cm³/mol. The molecule has 142 valence electrons. The Labute approximate surface area is 159 Å². The first-order valence-corrected chi connectivity index (χ1v) is 9.22. The second kappa shape index (κ2) is 9.62. The minimum atomic E-state index is -0.309. The Morgan fingerprint density at radius 1 is 1.11 bits per heavy atom. The molecule has 0 aromatic heterocycles. The summed E-state index contributed by atoms with van der Waals surface area (Å²) in [7, 11) is 0. The lowest BCUT2D eigenvalue weighted by Crippen LogP contribution is -2.17. The number of carbonyl (C=O) groups excluding carboxylic acids is 1. The Bertz CT molecular complexity index is 787. The van der Waals surface area contributed by atoms with Crippen LogP contribution in [0.5, 0.6) is 17.2 Å². The van der Waals surface area contributed by atoms with E-state index in [-0.39, 0.29) is 12.7 Å². The Morgan fingerprint density at radius 2 is 1.93 bits per heavy atom. The molecule has 0 aliphatic carbocycles. The fourth-order valence-electron chi connectivity index (χ4n) is 2.64. The molecule has 27 heavy (non-hydrogen) atoms. The van der Waals surface area contributed by atoms with Crippen molar-refractivity contribution in [3.63, 3.8) is 0 Å². The van der Waals surface area contributed by atoms with E-state index in [1.165, 1.54) is 19.3 Å². The molecule has 0 bridgehead atoms. The number of unbranched alkanes of at least 4 members (excludes halogenated alkanes) is 3. The van der Waals surface area contributed by atoms with Gasteiger partial charge in [-0.25, -0.2) is 5.43 Å². The first-order chi connectivity index (χ1) is 13.3. The van der Waals surface area contributed by atoms with E-state index in [4.69, 9.17) is 14.2 Å². The van der Waals surface area contributed by atoms with E-state index in [0.29, 0.717) is 17.1 Å². The molecule has 2 aromatic rings. The fraction of sp³-hybridized carbons (Fsp3) is 0.333. The van der Waals surface area contributed by atoms with Gasteiger partial charge in [0.1, 0.15) is 5.75 Å². The van der Waals surface area contributed by atoms with Crippen molar-refractivity contribution in [2.75, 3.05) is 13.4 Å². The molecule has 6 nitrogen and oxygen atoms in total. The van der Waals surface area contributed by atoms with E-state index in [1.54, 1.807) is 24.4 Å². The maximum atomic E-state index is 12.1. The van der Waals surface area contributed by atoms with E-state index in [1.807, 2.05) is 24.3 Å². The van der Waals surface area contributed by atoms with Gasteiger partial charge in [0.25, 0.3) is 5.91 Å². The Balaban J connectivity index is 1.46. The van der Waals surface area contributed by atoms with Crippen molar-refractivity contribution >= 4 is 12.1 Å². The van der Waals surface area contributed by atoms with Crippen molar-refractivity contribution in [2.24, 2.45) is 5.10 Å². The van der Waals surface area contributed by atoms with Crippen molar-refractivity contribution < 1.29 is 19.0 Å². The topological polar surface area (TPSA) is 69.2 Å². The molecule has 1 aliphatic rings. The molecule has 0 fully saturated rings. The maximum Gasteiger partial charge on any atom is 0.271 e. The minimum Gasteiger partial charge on any atom is -0.494 e. The van der Waals surface area contributed by atoms with Crippen LogP contribution in [0.25, 0.3) is 0 Å². The lowest BCUT2D eigenvalue weighted by atomic mass is 10.2. The molecule has 6 heteroatoms. The molecule has 0 atom stereocenters. The van der Waals surface area contributed by atoms with Gasteiger partial charge in [-0.15, -0.1) is 0 Å². The molecule has 1 aliphatic heterocycles. The third-order valence-electron chi connectivity index (χ3n) is 4.16. The van der Waals surface area contributed by atoms with Crippen molar-refractivity contribution in [2.45, 2.75) is 32.6 Å². The second-order valence-electron chi connectivity index (χ2n) is 6.25. The smallest absolute Gasteiger partial charge is 0.271 e. The number of nitrogens with one attached hydrogen (secondary N) is 1. The summed E-state index contributed by atoms with van der Waals surface area (Å²) in [6, 6.07) is 12.6. The molecule has 0 saturated carbocycles. The highest BCUT2D eigenvalue weighted by Gasteiger charge is 2.15. The van der Waals surface area contributed by atoms with Gasteiger partial charge >= 0.3 is 0 Å². The number of ether oxygens (including phenoxy) is 3. The van der Waals surface area contributed by atoms with Gasteiger partial charge in [-0.05, 0) is 54.4 Å². The number of hydrogen-bond acceptors (Lipinski definition) is 5. The zero-order chi connectivity index (χ0) is 18.9. The van der Waals surface area contributed by atoms with Crippen LogP contribution in [0.4, 0.5) is 0 Å². The van der Waals surface area contributed by atoms with Gasteiger partial charge < -0.3 is 14.2 Å². The number of hydrogen-bond donors (Lipinski definition) is 1. The van der Waals surface area contributed by atoms with Crippen LogP contribution in [0.15, 0.2) is 47.6 Å². The van der Waals surface area contributed by atoms with Crippen molar-refractivity contribution in [1.29, 1.82) is 0 Å². The maximum absolute atomic E-state index is 12.1. The molecule has 0 saturated heterocycles. The zero-order valence-corrected chi connectivity index (χ0v) is 15.4. The molecule has 0 spiro atoms. The Kier molecular flexibility index (Phi) is 6.68. The standard InChI is InChI=1S/C21H24N2O4/c1-2-3-4-5-12-25-18-9-6-16(7-10-18)14-22-23-21(24)17-8-11-19-20(13-17)27-15-26-19/h6-11,13-14H,2-5,12,15H2,1H3,(H,23,24)/b22-14+. The number of amides is 1. The summed E-state index contributed by atoms with van der Waals surface area (Å²) in [6.07, 6.45) is 6.33. The molecule has 2 aromatic carbocycles. The monoisotopic (exact) mass is 368 g/mol. The largest absolute Gasteiger partial charge is 0.494 e. The summed E-state index contributed by atoms with van der Waals surface area (Å²) in [4.78, 5) is 12.1. The lowest BCUT2D eigenvalue weighted by Gasteiger charge is -2.06. The van der Waals surface area contributed by atoms with Gasteiger partial charge in [0, 0.05) is 5.56 Å². The normalized spacial score (nSPS) is 12.3. The SMILES string of the molecule is CCCCCCOc1ccc(/C=N/NC(=O)c2ccc3c(c2)OCO3)cc1. The van der Waals surface area contributed by atoms with Gasteiger partial charge in [-0.2, -0.15) is 5.10 Å². The molecular formula is C21H24N2O4. The van der Waals surface area contributed by atoms with E-state index in [9.17, 15) is 4.79 Å². The van der Waals surface area contributed by atoms with Gasteiger partial charge in [0.15, 0.2) is 11.5 Å². The van der Waals surface area contributed by atoms with Gasteiger partial charge in [0.05, 0.1) is 12.8 Å². The highest BCUT2D eigenvalue weighted by Crippen LogP contribution is 2.32. The molecular weight excluding hydrogens is 344 g/mol. The summed E-state index contributed by atoms with van der Waals surface area (Å²) in [5, 5.41) is 4.00.